The van der Waals surface area contributed by atoms with Crippen LogP contribution in [0.1, 0.15) is 21.6 Å². The maximum Gasteiger partial charge on any atom is 0.416 e. The summed E-state index contributed by atoms with van der Waals surface area (Å²) in [5, 5.41) is 10.8. The Balaban J connectivity index is 1.84. The summed E-state index contributed by atoms with van der Waals surface area (Å²) >= 11 is 0. The van der Waals surface area contributed by atoms with Gasteiger partial charge in [-0.15, -0.1) is 0 Å². The Morgan fingerprint density at radius 2 is 1.70 bits per heavy atom. The Bertz CT molecular complexity index is 1160. The fourth-order valence-corrected chi connectivity index (χ4v) is 3.21. The van der Waals surface area contributed by atoms with Crippen molar-refractivity contribution in [2.45, 2.75) is 12.7 Å². The number of carboxylic acid groups (broad SMARTS) is 1. The number of carbonyl (C=O) groups is 1. The Labute approximate surface area is 151 Å². The second-order valence-electron chi connectivity index (χ2n) is 6.19. The lowest BCUT2D eigenvalue weighted by Gasteiger charge is -2.10. The molecule has 2 aromatic heterocycles. The molecule has 136 valence electrons. The summed E-state index contributed by atoms with van der Waals surface area (Å²) in [6.07, 6.45) is -2.88. The van der Waals surface area contributed by atoms with E-state index in [0.717, 1.165) is 33.9 Å². The highest BCUT2D eigenvalue weighted by Gasteiger charge is 2.29. The van der Waals surface area contributed by atoms with Crippen LogP contribution in [0.2, 0.25) is 0 Å². The van der Waals surface area contributed by atoms with Gasteiger partial charge < -0.3 is 9.67 Å². The van der Waals surface area contributed by atoms with E-state index in [1.165, 1.54) is 24.4 Å². The molecule has 4 aromatic rings. The number of aromatic nitrogens is 2. The van der Waals surface area contributed by atoms with Crippen LogP contribution in [-0.4, -0.2) is 20.6 Å². The molecule has 0 aliphatic heterocycles. The number of fused-ring (bicyclic) bond motifs is 3. The minimum atomic E-state index is -4.37. The van der Waals surface area contributed by atoms with Crippen LogP contribution in [0.4, 0.5) is 13.2 Å². The standard InChI is InChI=1S/C20H13F3N2O2/c21-20(22,23)13-7-5-12(6-8-13)11-25-17-4-2-1-3-14(17)15-9-16(19(26)27)24-10-18(15)25/h1-10H,11H2,(H,26,27). The molecule has 4 nitrogen and oxygen atoms in total. The Morgan fingerprint density at radius 1 is 1.00 bits per heavy atom. The van der Waals surface area contributed by atoms with Gasteiger partial charge in [-0.3, -0.25) is 0 Å². The summed E-state index contributed by atoms with van der Waals surface area (Å²) in [7, 11) is 0. The molecule has 0 saturated heterocycles. The Kier molecular flexibility index (Phi) is 3.87. The first-order valence-electron chi connectivity index (χ1n) is 8.11. The second-order valence-corrected chi connectivity index (χ2v) is 6.19. The Hall–Kier alpha value is -3.35. The molecule has 0 amide bonds. The second kappa shape index (κ2) is 6.12. The van der Waals surface area contributed by atoms with Crippen molar-refractivity contribution in [2.24, 2.45) is 0 Å². The van der Waals surface area contributed by atoms with Crippen molar-refractivity contribution < 1.29 is 23.1 Å². The SMILES string of the molecule is O=C(O)c1cc2c3ccccc3n(Cc3ccc(C(F)(F)F)cc3)c2cn1. The predicted molar refractivity (Wildman–Crippen MR) is 94.7 cm³/mol. The zero-order valence-electron chi connectivity index (χ0n) is 13.9. The number of aromatic carboxylic acids is 1. The van der Waals surface area contributed by atoms with Crippen molar-refractivity contribution in [1.29, 1.82) is 0 Å². The number of hydrogen-bond donors (Lipinski definition) is 1. The minimum absolute atomic E-state index is 0.0556. The van der Waals surface area contributed by atoms with Gasteiger partial charge in [-0.25, -0.2) is 9.78 Å². The van der Waals surface area contributed by atoms with Crippen molar-refractivity contribution in [1.82, 2.24) is 9.55 Å². The molecule has 27 heavy (non-hydrogen) atoms. The summed E-state index contributed by atoms with van der Waals surface area (Å²) in [6.45, 7) is 0.344. The van der Waals surface area contributed by atoms with E-state index in [1.807, 2.05) is 28.8 Å². The summed E-state index contributed by atoms with van der Waals surface area (Å²) in [5.41, 5.74) is 1.53. The van der Waals surface area contributed by atoms with Gasteiger partial charge in [0, 0.05) is 22.8 Å². The monoisotopic (exact) mass is 370 g/mol. The van der Waals surface area contributed by atoms with E-state index in [4.69, 9.17) is 0 Å². The van der Waals surface area contributed by atoms with Crippen molar-refractivity contribution in [3.05, 3.63) is 77.6 Å². The lowest BCUT2D eigenvalue weighted by atomic mass is 10.1. The highest BCUT2D eigenvalue weighted by atomic mass is 19.4. The maximum absolute atomic E-state index is 12.8. The van der Waals surface area contributed by atoms with E-state index < -0.39 is 17.7 Å². The number of nitrogens with zero attached hydrogens (tertiary/aromatic N) is 2. The lowest BCUT2D eigenvalue weighted by Crippen LogP contribution is -2.06. The predicted octanol–water partition coefficient (Wildman–Crippen LogP) is 4.95. The zero-order chi connectivity index (χ0) is 19.2. The smallest absolute Gasteiger partial charge is 0.416 e. The van der Waals surface area contributed by atoms with Gasteiger partial charge in [0.15, 0.2) is 0 Å². The molecule has 0 unspecified atom stereocenters. The number of benzene rings is 2. The first kappa shape index (κ1) is 17.1. The van der Waals surface area contributed by atoms with Crippen LogP contribution >= 0.6 is 0 Å². The van der Waals surface area contributed by atoms with Crippen LogP contribution in [0.25, 0.3) is 21.8 Å². The molecular weight excluding hydrogens is 357 g/mol. The highest BCUT2D eigenvalue weighted by Crippen LogP contribution is 2.31. The number of carboxylic acids is 1. The Morgan fingerprint density at radius 3 is 2.37 bits per heavy atom. The van der Waals surface area contributed by atoms with Gasteiger partial charge in [0.05, 0.1) is 17.3 Å². The molecule has 0 saturated carbocycles. The van der Waals surface area contributed by atoms with Crippen LogP contribution in [-0.2, 0) is 12.7 Å². The van der Waals surface area contributed by atoms with E-state index in [1.54, 1.807) is 0 Å². The molecule has 0 fully saturated rings. The third kappa shape index (κ3) is 3.01. The molecule has 1 N–H and O–H groups in total. The molecule has 0 atom stereocenters. The number of alkyl halides is 3. The summed E-state index contributed by atoms with van der Waals surface area (Å²) < 4.78 is 40.2. The van der Waals surface area contributed by atoms with Gasteiger partial charge in [0.25, 0.3) is 0 Å². The van der Waals surface area contributed by atoms with Crippen molar-refractivity contribution in [3.63, 3.8) is 0 Å². The minimum Gasteiger partial charge on any atom is -0.477 e. The molecule has 7 heteroatoms. The van der Waals surface area contributed by atoms with Gasteiger partial charge in [-0.1, -0.05) is 30.3 Å². The van der Waals surface area contributed by atoms with E-state index in [-0.39, 0.29) is 5.69 Å². The molecular formula is C20H13F3N2O2. The van der Waals surface area contributed by atoms with E-state index in [9.17, 15) is 23.1 Å². The van der Waals surface area contributed by atoms with Crippen LogP contribution in [0.15, 0.2) is 60.8 Å². The molecule has 0 spiro atoms. The topological polar surface area (TPSA) is 55.1 Å². The fraction of sp³-hybridized carbons (Fsp3) is 0.100. The zero-order valence-corrected chi connectivity index (χ0v) is 13.9. The third-order valence-electron chi connectivity index (χ3n) is 4.50. The fourth-order valence-electron chi connectivity index (χ4n) is 3.21. The molecule has 0 bridgehead atoms. The number of para-hydroxylation sites is 1. The maximum atomic E-state index is 12.8. The largest absolute Gasteiger partial charge is 0.477 e. The van der Waals surface area contributed by atoms with Crippen LogP contribution in [0, 0.1) is 0 Å². The molecule has 2 heterocycles. The van der Waals surface area contributed by atoms with Crippen LogP contribution in [0.5, 0.6) is 0 Å². The van der Waals surface area contributed by atoms with Crippen molar-refractivity contribution in [3.8, 4) is 0 Å². The number of halogens is 3. The van der Waals surface area contributed by atoms with E-state index >= 15 is 0 Å². The third-order valence-corrected chi connectivity index (χ3v) is 4.50. The highest BCUT2D eigenvalue weighted by molar-refractivity contribution is 6.09. The van der Waals surface area contributed by atoms with Crippen molar-refractivity contribution in [2.75, 3.05) is 0 Å². The quantitative estimate of drug-likeness (QED) is 0.555. The first-order valence-corrected chi connectivity index (χ1v) is 8.11. The van der Waals surface area contributed by atoms with Gasteiger partial charge in [-0.2, -0.15) is 13.2 Å². The van der Waals surface area contributed by atoms with Crippen LogP contribution < -0.4 is 0 Å². The lowest BCUT2D eigenvalue weighted by molar-refractivity contribution is -0.137. The van der Waals surface area contributed by atoms with E-state index in [2.05, 4.69) is 4.98 Å². The van der Waals surface area contributed by atoms with Gasteiger partial charge in [0.2, 0.25) is 0 Å². The van der Waals surface area contributed by atoms with Crippen LogP contribution in [0.3, 0.4) is 0 Å². The average molecular weight is 370 g/mol. The summed E-state index contributed by atoms with van der Waals surface area (Å²) in [6, 6.07) is 14.0. The first-order chi connectivity index (χ1) is 12.8. The summed E-state index contributed by atoms with van der Waals surface area (Å²) in [4.78, 5) is 15.2. The average Bonchev–Trinajstić information content (AvgIpc) is 2.95. The number of pyridine rings is 1. The molecule has 4 rings (SSSR count). The van der Waals surface area contributed by atoms with E-state index in [0.29, 0.717) is 12.1 Å². The van der Waals surface area contributed by atoms with Gasteiger partial charge in [0.1, 0.15) is 5.69 Å². The summed E-state index contributed by atoms with van der Waals surface area (Å²) in [5.74, 6) is -1.11. The molecule has 2 aromatic carbocycles. The number of hydrogen-bond acceptors (Lipinski definition) is 2. The molecule has 0 aliphatic rings. The molecule has 0 radical (unpaired) electrons. The molecule has 0 aliphatic carbocycles. The number of rotatable bonds is 3. The van der Waals surface area contributed by atoms with Gasteiger partial charge >= 0.3 is 12.1 Å². The van der Waals surface area contributed by atoms with Gasteiger partial charge in [-0.05, 0) is 29.8 Å². The normalized spacial score (nSPS) is 12.0. The van der Waals surface area contributed by atoms with Crippen molar-refractivity contribution >= 4 is 27.8 Å².